The Balaban J connectivity index is 3.17. The van der Waals surface area contributed by atoms with Gasteiger partial charge in [0.15, 0.2) is 0 Å². The van der Waals surface area contributed by atoms with Crippen molar-refractivity contribution in [1.29, 1.82) is 0 Å². The van der Waals surface area contributed by atoms with Gasteiger partial charge in [0.1, 0.15) is 0 Å². The van der Waals surface area contributed by atoms with E-state index < -0.39 is 0 Å². The van der Waals surface area contributed by atoms with E-state index in [1.165, 1.54) is 0 Å². The highest BCUT2D eigenvalue weighted by Crippen LogP contribution is 1.97. The maximum absolute atomic E-state index is 9.06. The van der Waals surface area contributed by atoms with Gasteiger partial charge in [-0.25, -0.2) is 0 Å². The molecule has 0 bridgehead atoms. The van der Waals surface area contributed by atoms with Gasteiger partial charge in [0.2, 0.25) is 0 Å². The minimum absolute atomic E-state index is 0.194. The third kappa shape index (κ3) is 2.99. The monoisotopic (exact) mass is 117 g/mol. The van der Waals surface area contributed by atoms with E-state index in [0.29, 0.717) is 12.5 Å². The Hall–Kier alpha value is -0.0800. The molecule has 0 saturated carbocycles. The van der Waals surface area contributed by atoms with Crippen molar-refractivity contribution in [2.75, 3.05) is 13.6 Å². The van der Waals surface area contributed by atoms with Gasteiger partial charge in [-0.2, -0.15) is 0 Å². The Bertz CT molecular complexity index is 54.5. The van der Waals surface area contributed by atoms with Gasteiger partial charge in [0.25, 0.3) is 0 Å². The quantitative estimate of drug-likeness (QED) is 0.554. The van der Waals surface area contributed by atoms with Gasteiger partial charge in [-0.15, -0.1) is 0 Å². The molecule has 2 nitrogen and oxygen atoms in total. The molecule has 0 heterocycles. The largest absolute Gasteiger partial charge is 0.392 e. The van der Waals surface area contributed by atoms with Gasteiger partial charge in [-0.05, 0) is 13.0 Å². The highest BCUT2D eigenvalue weighted by Gasteiger charge is 2.05. The summed E-state index contributed by atoms with van der Waals surface area (Å²) in [6.45, 7) is 4.70. The van der Waals surface area contributed by atoms with Gasteiger partial charge in [-0.3, -0.25) is 0 Å². The number of nitrogens with one attached hydrogen (secondary N) is 1. The molecule has 0 aliphatic heterocycles. The molecule has 0 spiro atoms. The van der Waals surface area contributed by atoms with E-state index in [-0.39, 0.29) is 6.10 Å². The summed E-state index contributed by atoms with van der Waals surface area (Å²) in [5, 5.41) is 12.0. The molecule has 0 unspecified atom stereocenters. The average Bonchev–Trinajstić information content (AvgIpc) is 1.67. The third-order valence-electron chi connectivity index (χ3n) is 1.18. The summed E-state index contributed by atoms with van der Waals surface area (Å²) in [6.07, 6.45) is -0.194. The van der Waals surface area contributed by atoms with Gasteiger partial charge >= 0.3 is 0 Å². The second-order valence-corrected chi connectivity index (χ2v) is 2.37. The van der Waals surface area contributed by atoms with Crippen LogP contribution in [-0.2, 0) is 0 Å². The van der Waals surface area contributed by atoms with Crippen LogP contribution in [0.15, 0.2) is 0 Å². The SMILES string of the molecule is CNC[C@@H](O)C(C)C. The Morgan fingerprint density at radius 2 is 2.00 bits per heavy atom. The molecular weight excluding hydrogens is 102 g/mol. The van der Waals surface area contributed by atoms with Crippen molar-refractivity contribution in [2.24, 2.45) is 5.92 Å². The second kappa shape index (κ2) is 3.87. The van der Waals surface area contributed by atoms with Crippen LogP contribution in [0.4, 0.5) is 0 Å². The van der Waals surface area contributed by atoms with Gasteiger partial charge in [0, 0.05) is 6.54 Å². The highest BCUT2D eigenvalue weighted by atomic mass is 16.3. The summed E-state index contributed by atoms with van der Waals surface area (Å²) in [7, 11) is 1.84. The smallest absolute Gasteiger partial charge is 0.0687 e. The van der Waals surface area contributed by atoms with E-state index >= 15 is 0 Å². The molecule has 0 amide bonds. The molecule has 50 valence electrons. The van der Waals surface area contributed by atoms with Crippen LogP contribution >= 0.6 is 0 Å². The predicted octanol–water partition coefficient (Wildman–Crippen LogP) is 0.223. The third-order valence-corrected chi connectivity index (χ3v) is 1.18. The number of aliphatic hydroxyl groups is 1. The van der Waals surface area contributed by atoms with Gasteiger partial charge < -0.3 is 10.4 Å². The fourth-order valence-electron chi connectivity index (χ4n) is 0.445. The minimum Gasteiger partial charge on any atom is -0.392 e. The van der Waals surface area contributed by atoms with Crippen LogP contribution in [0.5, 0.6) is 0 Å². The fourth-order valence-corrected chi connectivity index (χ4v) is 0.445. The van der Waals surface area contributed by atoms with Crippen molar-refractivity contribution in [3.8, 4) is 0 Å². The lowest BCUT2D eigenvalue weighted by Crippen LogP contribution is -2.27. The summed E-state index contributed by atoms with van der Waals surface area (Å²) in [5.74, 6) is 0.363. The van der Waals surface area contributed by atoms with E-state index in [2.05, 4.69) is 5.32 Å². The first-order valence-electron chi connectivity index (χ1n) is 3.01. The summed E-state index contributed by atoms with van der Waals surface area (Å²) < 4.78 is 0. The number of hydrogen-bond acceptors (Lipinski definition) is 2. The van der Waals surface area contributed by atoms with Crippen molar-refractivity contribution in [3.05, 3.63) is 0 Å². The van der Waals surface area contributed by atoms with Crippen LogP contribution in [0.2, 0.25) is 0 Å². The molecular formula is C6H15NO. The van der Waals surface area contributed by atoms with Gasteiger partial charge in [0.05, 0.1) is 6.10 Å². The first kappa shape index (κ1) is 7.92. The van der Waals surface area contributed by atoms with Crippen molar-refractivity contribution in [3.63, 3.8) is 0 Å². The average molecular weight is 117 g/mol. The molecule has 0 aromatic rings. The van der Waals surface area contributed by atoms with Crippen LogP contribution in [0, 0.1) is 5.92 Å². The summed E-state index contributed by atoms with van der Waals surface area (Å²) in [6, 6.07) is 0. The van der Waals surface area contributed by atoms with Crippen molar-refractivity contribution >= 4 is 0 Å². The summed E-state index contributed by atoms with van der Waals surface area (Å²) in [5.41, 5.74) is 0. The topological polar surface area (TPSA) is 32.3 Å². The Morgan fingerprint density at radius 1 is 1.50 bits per heavy atom. The van der Waals surface area contributed by atoms with E-state index in [0.717, 1.165) is 0 Å². The van der Waals surface area contributed by atoms with E-state index in [4.69, 9.17) is 5.11 Å². The van der Waals surface area contributed by atoms with Gasteiger partial charge in [-0.1, -0.05) is 13.8 Å². The number of likely N-dealkylation sites (N-methyl/N-ethyl adjacent to an activating group) is 1. The maximum atomic E-state index is 9.06. The molecule has 0 aliphatic carbocycles. The minimum atomic E-state index is -0.194. The molecule has 0 saturated heterocycles. The Morgan fingerprint density at radius 3 is 2.12 bits per heavy atom. The van der Waals surface area contributed by atoms with Crippen LogP contribution in [-0.4, -0.2) is 24.8 Å². The summed E-state index contributed by atoms with van der Waals surface area (Å²) in [4.78, 5) is 0. The second-order valence-electron chi connectivity index (χ2n) is 2.37. The summed E-state index contributed by atoms with van der Waals surface area (Å²) >= 11 is 0. The Labute approximate surface area is 50.9 Å². The lowest BCUT2D eigenvalue weighted by atomic mass is 10.1. The predicted molar refractivity (Wildman–Crippen MR) is 34.8 cm³/mol. The zero-order valence-electron chi connectivity index (χ0n) is 5.81. The molecule has 2 N–H and O–H groups in total. The first-order valence-corrected chi connectivity index (χ1v) is 3.01. The standard InChI is InChI=1S/C6H15NO/c1-5(2)6(8)4-7-3/h5-8H,4H2,1-3H3/t6-/m1/s1. The van der Waals surface area contributed by atoms with E-state index in [1.54, 1.807) is 0 Å². The zero-order valence-corrected chi connectivity index (χ0v) is 5.81. The van der Waals surface area contributed by atoms with Crippen molar-refractivity contribution in [2.45, 2.75) is 20.0 Å². The lowest BCUT2D eigenvalue weighted by molar-refractivity contribution is 0.126. The van der Waals surface area contributed by atoms with Crippen LogP contribution < -0.4 is 5.32 Å². The molecule has 8 heavy (non-hydrogen) atoms. The zero-order chi connectivity index (χ0) is 6.57. The lowest BCUT2D eigenvalue weighted by Gasteiger charge is -2.12. The normalized spacial score (nSPS) is 14.6. The highest BCUT2D eigenvalue weighted by molar-refractivity contribution is 4.60. The number of aliphatic hydroxyl groups excluding tert-OH is 1. The van der Waals surface area contributed by atoms with Crippen LogP contribution in [0.1, 0.15) is 13.8 Å². The molecule has 0 rings (SSSR count). The molecule has 0 aromatic heterocycles. The van der Waals surface area contributed by atoms with E-state index in [1.807, 2.05) is 20.9 Å². The van der Waals surface area contributed by atoms with Crippen LogP contribution in [0.3, 0.4) is 0 Å². The maximum Gasteiger partial charge on any atom is 0.0687 e. The van der Waals surface area contributed by atoms with Crippen molar-refractivity contribution in [1.82, 2.24) is 5.32 Å². The number of rotatable bonds is 3. The molecule has 0 fully saturated rings. The molecule has 0 aliphatic rings. The van der Waals surface area contributed by atoms with Crippen molar-refractivity contribution < 1.29 is 5.11 Å². The van der Waals surface area contributed by atoms with E-state index in [9.17, 15) is 0 Å². The first-order chi connectivity index (χ1) is 3.68. The molecule has 1 atom stereocenters. The molecule has 2 heteroatoms. The molecule has 0 radical (unpaired) electrons. The molecule has 0 aromatic carbocycles. The Kier molecular flexibility index (Phi) is 3.83. The number of hydrogen-bond donors (Lipinski definition) is 2. The van der Waals surface area contributed by atoms with Crippen LogP contribution in [0.25, 0.3) is 0 Å². The fraction of sp³-hybridized carbons (Fsp3) is 1.00.